The SMILES string of the molecule is Cc1ccc(C(NC(=O)c2nonc2C)c2ccncc2)cc1. The molecule has 0 spiro atoms. The Hall–Kier alpha value is -3.02. The molecule has 116 valence electrons. The maximum atomic E-state index is 12.5. The molecule has 6 heteroatoms. The average Bonchev–Trinajstić information content (AvgIpc) is 3.00. The molecule has 0 radical (unpaired) electrons. The molecule has 1 aromatic carbocycles. The van der Waals surface area contributed by atoms with Gasteiger partial charge in [-0.15, -0.1) is 0 Å². The van der Waals surface area contributed by atoms with E-state index in [1.54, 1.807) is 19.3 Å². The highest BCUT2D eigenvalue weighted by Gasteiger charge is 2.21. The molecule has 1 atom stereocenters. The zero-order valence-electron chi connectivity index (χ0n) is 12.9. The van der Waals surface area contributed by atoms with Gasteiger partial charge in [0.1, 0.15) is 5.69 Å². The van der Waals surface area contributed by atoms with Crippen LogP contribution >= 0.6 is 0 Å². The van der Waals surface area contributed by atoms with Crippen LogP contribution in [0.2, 0.25) is 0 Å². The number of aromatic nitrogens is 3. The normalized spacial score (nSPS) is 11.9. The summed E-state index contributed by atoms with van der Waals surface area (Å²) in [5.41, 5.74) is 3.72. The predicted molar refractivity (Wildman–Crippen MR) is 83.8 cm³/mol. The van der Waals surface area contributed by atoms with Gasteiger partial charge in [0, 0.05) is 12.4 Å². The van der Waals surface area contributed by atoms with Crippen molar-refractivity contribution >= 4 is 5.91 Å². The quantitative estimate of drug-likeness (QED) is 0.801. The minimum absolute atomic E-state index is 0.191. The zero-order valence-corrected chi connectivity index (χ0v) is 12.9. The number of hydrogen-bond acceptors (Lipinski definition) is 5. The number of amides is 1. The molecule has 0 aliphatic rings. The monoisotopic (exact) mass is 308 g/mol. The van der Waals surface area contributed by atoms with Gasteiger partial charge in [0.15, 0.2) is 5.69 Å². The molecule has 0 saturated carbocycles. The number of nitrogens with one attached hydrogen (secondary N) is 1. The molecular formula is C17H16N4O2. The fraction of sp³-hybridized carbons (Fsp3) is 0.176. The Balaban J connectivity index is 1.94. The van der Waals surface area contributed by atoms with Crippen LogP contribution in [-0.2, 0) is 0 Å². The molecule has 0 aliphatic heterocycles. The second-order valence-electron chi connectivity index (χ2n) is 5.30. The topological polar surface area (TPSA) is 80.9 Å². The molecule has 0 aliphatic carbocycles. The van der Waals surface area contributed by atoms with Crippen LogP contribution in [0.3, 0.4) is 0 Å². The number of nitrogens with zero attached hydrogens (tertiary/aromatic N) is 3. The Bertz CT molecular complexity index is 797. The van der Waals surface area contributed by atoms with Gasteiger partial charge in [-0.2, -0.15) is 0 Å². The first kappa shape index (κ1) is 14.9. The Morgan fingerprint density at radius 2 is 1.65 bits per heavy atom. The number of carbonyl (C=O) groups excluding carboxylic acids is 1. The van der Waals surface area contributed by atoms with Gasteiger partial charge >= 0.3 is 0 Å². The molecule has 6 nitrogen and oxygen atoms in total. The van der Waals surface area contributed by atoms with E-state index in [1.165, 1.54) is 0 Å². The summed E-state index contributed by atoms with van der Waals surface area (Å²) in [6.07, 6.45) is 3.40. The maximum Gasteiger partial charge on any atom is 0.276 e. The highest BCUT2D eigenvalue weighted by molar-refractivity contribution is 5.93. The fourth-order valence-electron chi connectivity index (χ4n) is 2.31. The maximum absolute atomic E-state index is 12.5. The third-order valence-electron chi connectivity index (χ3n) is 3.59. The summed E-state index contributed by atoms with van der Waals surface area (Å²) < 4.78 is 4.60. The number of pyridine rings is 1. The highest BCUT2D eigenvalue weighted by Crippen LogP contribution is 2.22. The lowest BCUT2D eigenvalue weighted by Crippen LogP contribution is -2.30. The van der Waals surface area contributed by atoms with E-state index >= 15 is 0 Å². The lowest BCUT2D eigenvalue weighted by atomic mass is 9.98. The van der Waals surface area contributed by atoms with Crippen molar-refractivity contribution in [3.05, 3.63) is 76.9 Å². The molecule has 23 heavy (non-hydrogen) atoms. The van der Waals surface area contributed by atoms with E-state index in [2.05, 4.69) is 25.2 Å². The van der Waals surface area contributed by atoms with Crippen LogP contribution in [0.1, 0.15) is 38.9 Å². The van der Waals surface area contributed by atoms with E-state index in [9.17, 15) is 4.79 Å². The van der Waals surface area contributed by atoms with Crippen LogP contribution in [0.15, 0.2) is 53.4 Å². The summed E-state index contributed by atoms with van der Waals surface area (Å²) in [7, 11) is 0. The largest absolute Gasteiger partial charge is 0.340 e. The smallest absolute Gasteiger partial charge is 0.276 e. The molecule has 3 aromatic rings. The molecule has 2 aromatic heterocycles. The van der Waals surface area contributed by atoms with Crippen molar-refractivity contribution in [3.8, 4) is 0 Å². The summed E-state index contributed by atoms with van der Waals surface area (Å²) in [5.74, 6) is -0.328. The molecular weight excluding hydrogens is 292 g/mol. The number of carbonyl (C=O) groups is 1. The van der Waals surface area contributed by atoms with Gasteiger partial charge in [-0.05, 0) is 42.3 Å². The van der Waals surface area contributed by atoms with E-state index in [1.807, 2.05) is 43.3 Å². The van der Waals surface area contributed by atoms with Gasteiger partial charge in [0.25, 0.3) is 5.91 Å². The van der Waals surface area contributed by atoms with Crippen LogP contribution in [0.4, 0.5) is 0 Å². The number of benzene rings is 1. The Morgan fingerprint density at radius 1 is 1.00 bits per heavy atom. The van der Waals surface area contributed by atoms with E-state index < -0.39 is 0 Å². The summed E-state index contributed by atoms with van der Waals surface area (Å²) in [5, 5.41) is 10.3. The zero-order chi connectivity index (χ0) is 16.2. The molecule has 1 unspecified atom stereocenters. The van der Waals surface area contributed by atoms with Gasteiger partial charge in [-0.25, -0.2) is 4.63 Å². The van der Waals surface area contributed by atoms with E-state index in [4.69, 9.17) is 0 Å². The van der Waals surface area contributed by atoms with Crippen molar-refractivity contribution in [2.24, 2.45) is 0 Å². The van der Waals surface area contributed by atoms with Crippen molar-refractivity contribution in [2.45, 2.75) is 19.9 Å². The van der Waals surface area contributed by atoms with Crippen LogP contribution in [0, 0.1) is 13.8 Å². The lowest BCUT2D eigenvalue weighted by molar-refractivity contribution is 0.0932. The minimum atomic E-state index is -0.328. The van der Waals surface area contributed by atoms with Gasteiger partial charge in [-0.1, -0.05) is 35.0 Å². The number of hydrogen-bond donors (Lipinski definition) is 1. The van der Waals surface area contributed by atoms with Crippen molar-refractivity contribution < 1.29 is 9.42 Å². The van der Waals surface area contributed by atoms with Gasteiger partial charge in [0.05, 0.1) is 6.04 Å². The van der Waals surface area contributed by atoms with Crippen LogP contribution in [0.25, 0.3) is 0 Å². The van der Waals surface area contributed by atoms with Gasteiger partial charge < -0.3 is 5.32 Å². The third-order valence-corrected chi connectivity index (χ3v) is 3.59. The van der Waals surface area contributed by atoms with Gasteiger partial charge in [-0.3, -0.25) is 9.78 Å². The first-order valence-electron chi connectivity index (χ1n) is 7.21. The Labute approximate surface area is 133 Å². The minimum Gasteiger partial charge on any atom is -0.340 e. The number of aryl methyl sites for hydroxylation is 2. The third kappa shape index (κ3) is 3.26. The summed E-state index contributed by atoms with van der Waals surface area (Å²) in [6.45, 7) is 3.70. The van der Waals surface area contributed by atoms with Crippen molar-refractivity contribution in [3.63, 3.8) is 0 Å². The molecule has 0 fully saturated rings. The molecule has 0 saturated heterocycles. The van der Waals surface area contributed by atoms with Crippen molar-refractivity contribution in [1.82, 2.24) is 20.6 Å². The standard InChI is InChI=1S/C17H16N4O2/c1-11-3-5-13(6-4-11)16(14-7-9-18-10-8-14)19-17(22)15-12(2)20-23-21-15/h3-10,16H,1-2H3,(H,19,22). The summed E-state index contributed by atoms with van der Waals surface area (Å²) in [6, 6.07) is 11.5. The Morgan fingerprint density at radius 3 is 2.26 bits per heavy atom. The lowest BCUT2D eigenvalue weighted by Gasteiger charge is -2.19. The first-order chi connectivity index (χ1) is 11.1. The summed E-state index contributed by atoms with van der Waals surface area (Å²) in [4.78, 5) is 16.5. The molecule has 1 N–H and O–H groups in total. The predicted octanol–water partition coefficient (Wildman–Crippen LogP) is 2.60. The molecule has 3 rings (SSSR count). The van der Waals surface area contributed by atoms with Crippen LogP contribution in [0.5, 0.6) is 0 Å². The van der Waals surface area contributed by atoms with Gasteiger partial charge in [0.2, 0.25) is 0 Å². The molecule has 1 amide bonds. The summed E-state index contributed by atoms with van der Waals surface area (Å²) >= 11 is 0. The number of rotatable bonds is 4. The first-order valence-corrected chi connectivity index (χ1v) is 7.21. The van der Waals surface area contributed by atoms with Crippen molar-refractivity contribution in [1.29, 1.82) is 0 Å². The van der Waals surface area contributed by atoms with E-state index in [0.29, 0.717) is 5.69 Å². The van der Waals surface area contributed by atoms with Crippen LogP contribution < -0.4 is 5.32 Å². The van der Waals surface area contributed by atoms with E-state index in [0.717, 1.165) is 16.7 Å². The second kappa shape index (κ2) is 6.39. The van der Waals surface area contributed by atoms with Crippen molar-refractivity contribution in [2.75, 3.05) is 0 Å². The molecule has 0 bridgehead atoms. The highest BCUT2D eigenvalue weighted by atomic mass is 16.6. The van der Waals surface area contributed by atoms with Crippen LogP contribution in [-0.4, -0.2) is 21.2 Å². The fourth-order valence-corrected chi connectivity index (χ4v) is 2.31. The second-order valence-corrected chi connectivity index (χ2v) is 5.30. The Kier molecular flexibility index (Phi) is 4.14. The molecule has 2 heterocycles. The van der Waals surface area contributed by atoms with E-state index in [-0.39, 0.29) is 17.6 Å². The average molecular weight is 308 g/mol.